The van der Waals surface area contributed by atoms with Crippen molar-refractivity contribution in [2.24, 2.45) is 0 Å². The molecule has 4 aromatic rings. The summed E-state index contributed by atoms with van der Waals surface area (Å²) in [5, 5.41) is 11.4. The van der Waals surface area contributed by atoms with Gasteiger partial charge in [-0.05, 0) is 43.3 Å². The van der Waals surface area contributed by atoms with Gasteiger partial charge in [0.1, 0.15) is 11.3 Å². The van der Waals surface area contributed by atoms with Gasteiger partial charge in [-0.25, -0.2) is 14.2 Å². The highest BCUT2D eigenvalue weighted by molar-refractivity contribution is 5.99. The Kier molecular flexibility index (Phi) is 5.25. The molecule has 152 valence electrons. The highest BCUT2D eigenvalue weighted by Crippen LogP contribution is 2.19. The van der Waals surface area contributed by atoms with Gasteiger partial charge in [0.2, 0.25) is 0 Å². The maximum atomic E-state index is 12.6. The number of nitrogens with zero attached hydrogens (tertiary/aromatic N) is 5. The van der Waals surface area contributed by atoms with Crippen LogP contribution in [0.1, 0.15) is 17.3 Å². The van der Waals surface area contributed by atoms with Crippen LogP contribution in [0.4, 0.5) is 0 Å². The number of benzene rings is 1. The van der Waals surface area contributed by atoms with E-state index in [-0.39, 0.29) is 24.1 Å². The number of aromatic nitrogens is 5. The third-order valence-corrected chi connectivity index (χ3v) is 4.60. The highest BCUT2D eigenvalue weighted by Gasteiger charge is 2.16. The van der Waals surface area contributed by atoms with Gasteiger partial charge in [0.05, 0.1) is 25.5 Å². The van der Waals surface area contributed by atoms with Crippen molar-refractivity contribution >= 4 is 11.6 Å². The lowest BCUT2D eigenvalue weighted by atomic mass is 10.1. The van der Waals surface area contributed by atoms with Gasteiger partial charge in [0.25, 0.3) is 11.5 Å². The Morgan fingerprint density at radius 1 is 1.20 bits per heavy atom. The number of methoxy groups -OCH3 is 1. The highest BCUT2D eigenvalue weighted by atomic mass is 16.5. The molecule has 1 aromatic carbocycles. The molecule has 1 N–H and O–H groups in total. The Balaban J connectivity index is 1.50. The van der Waals surface area contributed by atoms with Crippen LogP contribution in [0, 0.1) is 0 Å². The zero-order chi connectivity index (χ0) is 21.1. The molecule has 0 fully saturated rings. The van der Waals surface area contributed by atoms with E-state index in [1.54, 1.807) is 31.6 Å². The molecule has 9 nitrogen and oxygen atoms in total. The van der Waals surface area contributed by atoms with E-state index < -0.39 is 0 Å². The van der Waals surface area contributed by atoms with Crippen molar-refractivity contribution in [3.63, 3.8) is 0 Å². The van der Waals surface area contributed by atoms with Crippen LogP contribution in [0.3, 0.4) is 0 Å². The average Bonchev–Trinajstić information content (AvgIpc) is 3.20. The minimum atomic E-state index is -0.340. The fourth-order valence-corrected chi connectivity index (χ4v) is 3.09. The number of hydrogen-bond donors (Lipinski definition) is 1. The number of nitrogens with one attached hydrogen (secondary N) is 1. The fourth-order valence-electron chi connectivity index (χ4n) is 3.09. The van der Waals surface area contributed by atoms with Crippen molar-refractivity contribution in [2.45, 2.75) is 19.5 Å². The van der Waals surface area contributed by atoms with Crippen LogP contribution in [0.25, 0.3) is 16.9 Å². The van der Waals surface area contributed by atoms with Gasteiger partial charge in [-0.3, -0.25) is 9.59 Å². The second-order valence-corrected chi connectivity index (χ2v) is 6.79. The predicted octanol–water partition coefficient (Wildman–Crippen LogP) is 1.78. The van der Waals surface area contributed by atoms with Crippen LogP contribution in [0.5, 0.6) is 5.75 Å². The largest absolute Gasteiger partial charge is 0.497 e. The summed E-state index contributed by atoms with van der Waals surface area (Å²) in [6.45, 7) is 2.03. The van der Waals surface area contributed by atoms with Crippen LogP contribution >= 0.6 is 0 Å². The summed E-state index contributed by atoms with van der Waals surface area (Å²) in [6, 6.07) is 12.0. The van der Waals surface area contributed by atoms with Crippen LogP contribution in [-0.2, 0) is 6.54 Å². The summed E-state index contributed by atoms with van der Waals surface area (Å²) in [6.07, 6.45) is 4.79. The second kappa shape index (κ2) is 8.16. The fraction of sp³-hybridized carbons (Fsp3) is 0.190. The Hall–Kier alpha value is -4.01. The molecule has 9 heteroatoms. The molecular weight excluding hydrogens is 384 g/mol. The summed E-state index contributed by atoms with van der Waals surface area (Å²) >= 11 is 0. The van der Waals surface area contributed by atoms with Gasteiger partial charge in [-0.2, -0.15) is 10.2 Å². The molecule has 30 heavy (non-hydrogen) atoms. The monoisotopic (exact) mass is 404 g/mol. The lowest BCUT2D eigenvalue weighted by Gasteiger charge is -2.15. The third kappa shape index (κ3) is 3.90. The molecule has 1 atom stereocenters. The van der Waals surface area contributed by atoms with E-state index in [4.69, 9.17) is 4.74 Å². The molecule has 3 heterocycles. The zero-order valence-electron chi connectivity index (χ0n) is 16.5. The Morgan fingerprint density at radius 3 is 2.77 bits per heavy atom. The number of hydrogen-bond acceptors (Lipinski definition) is 6. The van der Waals surface area contributed by atoms with Crippen molar-refractivity contribution in [3.8, 4) is 17.0 Å². The number of fused-ring (bicyclic) bond motifs is 1. The predicted molar refractivity (Wildman–Crippen MR) is 110 cm³/mol. The first kappa shape index (κ1) is 19.3. The van der Waals surface area contributed by atoms with Gasteiger partial charge in [-0.1, -0.05) is 0 Å². The standard InChI is InChI=1S/C21H20N6O3/c1-14(24-21(29)17-12-23-26-11-3-10-22-20(17)26)13-27-19(28)9-8-18(25-27)15-4-6-16(30-2)7-5-15/h3-12,14H,13H2,1-2H3,(H,24,29)/t14-/m0/s1. The van der Waals surface area contributed by atoms with Gasteiger partial charge >= 0.3 is 0 Å². The van der Waals surface area contributed by atoms with Crippen molar-refractivity contribution in [3.05, 3.63) is 77.0 Å². The van der Waals surface area contributed by atoms with Crippen LogP contribution in [0.2, 0.25) is 0 Å². The number of rotatable bonds is 6. The van der Waals surface area contributed by atoms with Crippen molar-refractivity contribution < 1.29 is 9.53 Å². The van der Waals surface area contributed by atoms with E-state index in [2.05, 4.69) is 20.5 Å². The first-order valence-electron chi connectivity index (χ1n) is 9.37. The molecule has 0 aliphatic carbocycles. The van der Waals surface area contributed by atoms with E-state index in [0.717, 1.165) is 11.3 Å². The topological polar surface area (TPSA) is 103 Å². The second-order valence-electron chi connectivity index (χ2n) is 6.79. The first-order valence-corrected chi connectivity index (χ1v) is 9.37. The zero-order valence-corrected chi connectivity index (χ0v) is 16.5. The summed E-state index contributed by atoms with van der Waals surface area (Å²) in [5.74, 6) is 0.432. The SMILES string of the molecule is COc1ccc(-c2ccc(=O)n(C[C@H](C)NC(=O)c3cnn4cccnc34)n2)cc1. The minimum absolute atomic E-state index is 0.223. The first-order chi connectivity index (χ1) is 14.5. The van der Waals surface area contributed by atoms with Crippen molar-refractivity contribution in [1.82, 2.24) is 29.7 Å². The minimum Gasteiger partial charge on any atom is -0.497 e. The number of ether oxygens (including phenoxy) is 1. The van der Waals surface area contributed by atoms with Gasteiger partial charge in [0.15, 0.2) is 5.65 Å². The van der Waals surface area contributed by atoms with E-state index in [9.17, 15) is 9.59 Å². The van der Waals surface area contributed by atoms with Gasteiger partial charge in [-0.15, -0.1) is 0 Å². The van der Waals surface area contributed by atoms with Gasteiger partial charge < -0.3 is 10.1 Å². The lowest BCUT2D eigenvalue weighted by molar-refractivity contribution is 0.0937. The molecule has 0 spiro atoms. The summed E-state index contributed by atoms with van der Waals surface area (Å²) < 4.78 is 8.05. The molecule has 1 amide bonds. The number of carbonyl (C=O) groups is 1. The molecule has 0 radical (unpaired) electrons. The third-order valence-electron chi connectivity index (χ3n) is 4.60. The molecule has 0 unspecified atom stereocenters. The molecule has 3 aromatic heterocycles. The molecule has 0 bridgehead atoms. The lowest BCUT2D eigenvalue weighted by Crippen LogP contribution is -2.39. The maximum Gasteiger partial charge on any atom is 0.266 e. The van der Waals surface area contributed by atoms with E-state index >= 15 is 0 Å². The summed E-state index contributed by atoms with van der Waals surface area (Å²) in [5.41, 5.74) is 2.11. The molecule has 0 aliphatic heterocycles. The summed E-state index contributed by atoms with van der Waals surface area (Å²) in [4.78, 5) is 29.1. The molecule has 4 rings (SSSR count). The smallest absolute Gasteiger partial charge is 0.266 e. The molecular formula is C21H20N6O3. The Morgan fingerprint density at radius 2 is 2.00 bits per heavy atom. The van der Waals surface area contributed by atoms with Crippen LogP contribution in [-0.4, -0.2) is 43.4 Å². The van der Waals surface area contributed by atoms with Gasteiger partial charge in [0, 0.05) is 30.1 Å². The van der Waals surface area contributed by atoms with Crippen molar-refractivity contribution in [2.75, 3.05) is 7.11 Å². The molecule has 0 saturated carbocycles. The van der Waals surface area contributed by atoms with E-state index in [1.807, 2.05) is 31.2 Å². The van der Waals surface area contributed by atoms with E-state index in [0.29, 0.717) is 16.9 Å². The van der Waals surface area contributed by atoms with Crippen LogP contribution < -0.4 is 15.6 Å². The van der Waals surface area contributed by atoms with Crippen molar-refractivity contribution in [1.29, 1.82) is 0 Å². The molecule has 0 saturated heterocycles. The van der Waals surface area contributed by atoms with Crippen LogP contribution in [0.15, 0.2) is 65.8 Å². The number of amides is 1. The molecule has 0 aliphatic rings. The van der Waals surface area contributed by atoms with E-state index in [1.165, 1.54) is 21.5 Å². The average molecular weight is 404 g/mol. The Labute approximate surface area is 172 Å². The Bertz CT molecular complexity index is 1250. The summed E-state index contributed by atoms with van der Waals surface area (Å²) in [7, 11) is 1.60. The normalized spacial score (nSPS) is 11.9. The number of carbonyl (C=O) groups excluding carboxylic acids is 1. The quantitative estimate of drug-likeness (QED) is 0.525. The maximum absolute atomic E-state index is 12.6.